The van der Waals surface area contributed by atoms with Crippen LogP contribution in [0.5, 0.6) is 0 Å². The van der Waals surface area contributed by atoms with Crippen molar-refractivity contribution < 1.29 is 13.2 Å². The van der Waals surface area contributed by atoms with E-state index < -0.39 is 10.0 Å². The molecule has 0 fully saturated rings. The van der Waals surface area contributed by atoms with Crippen LogP contribution in [0, 0.1) is 0 Å². The van der Waals surface area contributed by atoms with Gasteiger partial charge in [0.25, 0.3) is 0 Å². The van der Waals surface area contributed by atoms with Crippen LogP contribution in [-0.2, 0) is 10.0 Å². The number of hydrogen-bond donors (Lipinski definition) is 2. The number of hydrogen-bond acceptors (Lipinski definition) is 3. The van der Waals surface area contributed by atoms with Crippen molar-refractivity contribution in [1.82, 2.24) is 0 Å². The molecule has 0 atom stereocenters. The molecule has 0 aliphatic carbocycles. The number of carbonyl (C=O) groups is 1. The Kier molecular flexibility index (Phi) is 4.67. The van der Waals surface area contributed by atoms with E-state index >= 15 is 0 Å². The van der Waals surface area contributed by atoms with Gasteiger partial charge < -0.3 is 5.32 Å². The minimum Gasteiger partial charge on any atom is -0.308 e. The molecule has 0 aromatic heterocycles. The van der Waals surface area contributed by atoms with E-state index in [1.807, 2.05) is 30.3 Å². The largest absolute Gasteiger partial charge is 0.326 e. The number of amides is 2. The van der Waals surface area contributed by atoms with Crippen LogP contribution in [-0.4, -0.2) is 27.8 Å². The summed E-state index contributed by atoms with van der Waals surface area (Å²) in [5.41, 5.74) is 1.79. The van der Waals surface area contributed by atoms with Crippen LogP contribution in [0.4, 0.5) is 21.9 Å². The average molecular weight is 319 g/mol. The molecule has 2 amide bonds. The monoisotopic (exact) mass is 319 g/mol. The van der Waals surface area contributed by atoms with Gasteiger partial charge in [-0.1, -0.05) is 18.2 Å². The van der Waals surface area contributed by atoms with Gasteiger partial charge in [0.15, 0.2) is 0 Å². The van der Waals surface area contributed by atoms with Crippen LogP contribution in [0.2, 0.25) is 0 Å². The first-order valence-corrected chi connectivity index (χ1v) is 8.42. The molecule has 116 valence electrons. The smallest absolute Gasteiger partial charge is 0.308 e. The molecular formula is C15H17N3O3S. The van der Waals surface area contributed by atoms with E-state index in [1.165, 1.54) is 4.90 Å². The summed E-state index contributed by atoms with van der Waals surface area (Å²) in [5, 5.41) is 2.74. The Morgan fingerprint density at radius 3 is 2.05 bits per heavy atom. The molecule has 0 bridgehead atoms. The first-order chi connectivity index (χ1) is 10.3. The van der Waals surface area contributed by atoms with Gasteiger partial charge in [-0.15, -0.1) is 0 Å². The summed E-state index contributed by atoms with van der Waals surface area (Å²) in [6, 6.07) is 15.4. The number of rotatable bonds is 4. The van der Waals surface area contributed by atoms with Crippen LogP contribution in [0.3, 0.4) is 0 Å². The molecule has 0 aliphatic heterocycles. The highest BCUT2D eigenvalue weighted by molar-refractivity contribution is 7.92. The van der Waals surface area contributed by atoms with Gasteiger partial charge in [-0.3, -0.25) is 9.62 Å². The van der Waals surface area contributed by atoms with Gasteiger partial charge in [0.05, 0.1) is 6.26 Å². The third kappa shape index (κ3) is 4.49. The Morgan fingerprint density at radius 2 is 1.50 bits per heavy atom. The lowest BCUT2D eigenvalue weighted by Crippen LogP contribution is -2.31. The Labute approximate surface area is 129 Å². The van der Waals surface area contributed by atoms with Gasteiger partial charge in [-0.05, 0) is 36.4 Å². The van der Waals surface area contributed by atoms with Crippen LogP contribution in [0.15, 0.2) is 54.6 Å². The maximum absolute atomic E-state index is 12.1. The fraction of sp³-hybridized carbons (Fsp3) is 0.133. The van der Waals surface area contributed by atoms with Crippen molar-refractivity contribution >= 4 is 33.1 Å². The molecule has 0 saturated carbocycles. The molecular weight excluding hydrogens is 302 g/mol. The van der Waals surface area contributed by atoms with Gasteiger partial charge in [0.2, 0.25) is 10.0 Å². The molecule has 0 aliphatic rings. The number of carbonyl (C=O) groups excluding carboxylic acids is 1. The molecule has 0 saturated heterocycles. The van der Waals surface area contributed by atoms with E-state index in [2.05, 4.69) is 10.0 Å². The molecule has 2 aromatic rings. The Hall–Kier alpha value is -2.54. The number of benzene rings is 2. The van der Waals surface area contributed by atoms with Crippen molar-refractivity contribution in [3.63, 3.8) is 0 Å². The normalized spacial score (nSPS) is 10.8. The number of urea groups is 1. The van der Waals surface area contributed by atoms with Crippen molar-refractivity contribution in [1.29, 1.82) is 0 Å². The van der Waals surface area contributed by atoms with Crippen molar-refractivity contribution in [2.45, 2.75) is 0 Å². The van der Waals surface area contributed by atoms with Crippen LogP contribution < -0.4 is 14.9 Å². The summed E-state index contributed by atoms with van der Waals surface area (Å²) in [6.07, 6.45) is 1.08. The first kappa shape index (κ1) is 15.8. The summed E-state index contributed by atoms with van der Waals surface area (Å²) in [6.45, 7) is 0. The van der Waals surface area contributed by atoms with Gasteiger partial charge in [-0.2, -0.15) is 0 Å². The van der Waals surface area contributed by atoms with Crippen molar-refractivity contribution in [3.05, 3.63) is 54.6 Å². The minimum absolute atomic E-state index is 0.282. The zero-order valence-corrected chi connectivity index (χ0v) is 13.1. The second-order valence-electron chi connectivity index (χ2n) is 4.78. The summed E-state index contributed by atoms with van der Waals surface area (Å²) in [4.78, 5) is 13.6. The predicted octanol–water partition coefficient (Wildman–Crippen LogP) is 2.73. The first-order valence-electron chi connectivity index (χ1n) is 6.53. The third-order valence-corrected chi connectivity index (χ3v) is 3.49. The van der Waals surface area contributed by atoms with Crippen LogP contribution in [0.25, 0.3) is 0 Å². The minimum atomic E-state index is -3.31. The Morgan fingerprint density at radius 1 is 0.955 bits per heavy atom. The molecule has 0 radical (unpaired) electrons. The SMILES string of the molecule is CN(C(=O)Nc1ccc(NS(C)(=O)=O)cc1)c1ccccc1. The number of nitrogens with one attached hydrogen (secondary N) is 2. The predicted molar refractivity (Wildman–Crippen MR) is 88.8 cm³/mol. The summed E-state index contributed by atoms with van der Waals surface area (Å²) in [7, 11) is -1.64. The highest BCUT2D eigenvalue weighted by atomic mass is 32.2. The van der Waals surface area contributed by atoms with Gasteiger partial charge in [0, 0.05) is 24.1 Å². The highest BCUT2D eigenvalue weighted by Crippen LogP contribution is 2.17. The zero-order chi connectivity index (χ0) is 16.2. The van der Waals surface area contributed by atoms with Gasteiger partial charge >= 0.3 is 6.03 Å². The fourth-order valence-corrected chi connectivity index (χ4v) is 2.38. The molecule has 0 unspecified atom stereocenters. The lowest BCUT2D eigenvalue weighted by molar-refractivity contribution is 0.258. The van der Waals surface area contributed by atoms with E-state index in [9.17, 15) is 13.2 Å². The highest BCUT2D eigenvalue weighted by Gasteiger charge is 2.10. The maximum Gasteiger partial charge on any atom is 0.326 e. The van der Waals surface area contributed by atoms with E-state index in [0.717, 1.165) is 11.9 Å². The lowest BCUT2D eigenvalue weighted by Gasteiger charge is -2.18. The molecule has 2 N–H and O–H groups in total. The molecule has 0 heterocycles. The Bertz CT molecular complexity index is 743. The molecule has 22 heavy (non-hydrogen) atoms. The summed E-state index contributed by atoms with van der Waals surface area (Å²) >= 11 is 0. The quantitative estimate of drug-likeness (QED) is 0.909. The molecule has 7 heteroatoms. The Balaban J connectivity index is 2.03. The third-order valence-electron chi connectivity index (χ3n) is 2.89. The van der Waals surface area contributed by atoms with Gasteiger partial charge in [-0.25, -0.2) is 13.2 Å². The number of nitrogens with zero attached hydrogens (tertiary/aromatic N) is 1. The standard InChI is InChI=1S/C15H17N3O3S/c1-18(14-6-4-3-5-7-14)15(19)16-12-8-10-13(11-9-12)17-22(2,20)21/h3-11,17H,1-2H3,(H,16,19). The molecule has 6 nitrogen and oxygen atoms in total. The van der Waals surface area contributed by atoms with Crippen LogP contribution in [0.1, 0.15) is 0 Å². The maximum atomic E-state index is 12.1. The van der Waals surface area contributed by atoms with Crippen molar-refractivity contribution in [3.8, 4) is 0 Å². The zero-order valence-electron chi connectivity index (χ0n) is 12.3. The average Bonchev–Trinajstić information content (AvgIpc) is 2.48. The second-order valence-corrected chi connectivity index (χ2v) is 6.52. The van der Waals surface area contributed by atoms with Crippen molar-refractivity contribution in [2.24, 2.45) is 0 Å². The van der Waals surface area contributed by atoms with Crippen molar-refractivity contribution in [2.75, 3.05) is 28.2 Å². The fourth-order valence-electron chi connectivity index (χ4n) is 1.81. The topological polar surface area (TPSA) is 78.5 Å². The van der Waals surface area contributed by atoms with E-state index in [-0.39, 0.29) is 6.03 Å². The lowest BCUT2D eigenvalue weighted by atomic mass is 10.3. The number of sulfonamides is 1. The van der Waals surface area contributed by atoms with E-state index in [4.69, 9.17) is 0 Å². The van der Waals surface area contributed by atoms with E-state index in [0.29, 0.717) is 11.4 Å². The summed E-state index contributed by atoms with van der Waals surface area (Å²) < 4.78 is 24.6. The summed E-state index contributed by atoms with van der Waals surface area (Å²) in [5.74, 6) is 0. The van der Waals surface area contributed by atoms with Gasteiger partial charge in [0.1, 0.15) is 0 Å². The number of anilines is 3. The van der Waals surface area contributed by atoms with E-state index in [1.54, 1.807) is 31.3 Å². The number of para-hydroxylation sites is 1. The molecule has 2 rings (SSSR count). The second kappa shape index (κ2) is 6.48. The van der Waals surface area contributed by atoms with Crippen LogP contribution >= 0.6 is 0 Å². The molecule has 2 aromatic carbocycles. The molecule has 0 spiro atoms.